The third kappa shape index (κ3) is 4.83. The van der Waals surface area contributed by atoms with Gasteiger partial charge in [0.2, 0.25) is 0 Å². The highest BCUT2D eigenvalue weighted by Gasteiger charge is 2.53. The molecule has 1 heterocycles. The van der Waals surface area contributed by atoms with Crippen LogP contribution in [0.25, 0.3) is 11.1 Å². The third-order valence-electron chi connectivity index (χ3n) is 9.19. The van der Waals surface area contributed by atoms with Crippen LogP contribution >= 0.6 is 0 Å². The molecule has 0 atom stereocenters. The first kappa shape index (κ1) is 28.9. The number of rotatable bonds is 6. The van der Waals surface area contributed by atoms with E-state index < -0.39 is 30.4 Å². The fourth-order valence-electron chi connectivity index (χ4n) is 6.29. The molecule has 1 N–H and O–H groups in total. The number of anilines is 1. The van der Waals surface area contributed by atoms with E-state index in [4.69, 9.17) is 14.0 Å². The summed E-state index contributed by atoms with van der Waals surface area (Å²) in [6.45, 7) is 13.8. The van der Waals surface area contributed by atoms with Crippen LogP contribution in [0.3, 0.4) is 0 Å². The van der Waals surface area contributed by atoms with Crippen molar-refractivity contribution in [1.82, 2.24) is 0 Å². The first-order chi connectivity index (χ1) is 19.2. The summed E-state index contributed by atoms with van der Waals surface area (Å²) in [5.41, 5.74) is 7.75. The second-order valence-electron chi connectivity index (χ2n) is 12.1. The Balaban J connectivity index is 1.49. The number of amides is 1. The van der Waals surface area contributed by atoms with E-state index in [9.17, 15) is 14.7 Å². The van der Waals surface area contributed by atoms with Crippen LogP contribution in [0.15, 0.2) is 48.5 Å². The fourth-order valence-corrected chi connectivity index (χ4v) is 6.29. The predicted molar refractivity (Wildman–Crippen MR) is 161 cm³/mol. The number of aliphatic carboxylic acids is 1. The first-order valence-corrected chi connectivity index (χ1v) is 14.0. The number of nitrogens with zero attached hydrogens (tertiary/aromatic N) is 1. The summed E-state index contributed by atoms with van der Waals surface area (Å²) in [4.78, 5) is 27.0. The minimum atomic E-state index is -0.949. The van der Waals surface area contributed by atoms with E-state index in [-0.39, 0.29) is 18.9 Å². The van der Waals surface area contributed by atoms with Gasteiger partial charge in [0.1, 0.15) is 6.61 Å². The summed E-state index contributed by atoms with van der Waals surface area (Å²) < 4.78 is 18.7. The fraction of sp³-hybridized carbons (Fsp3) is 0.394. The number of carbonyl (C=O) groups excluding carboxylic acids is 1. The van der Waals surface area contributed by atoms with Gasteiger partial charge in [-0.1, -0.05) is 48.5 Å². The van der Waals surface area contributed by atoms with E-state index in [1.165, 1.54) is 4.90 Å². The van der Waals surface area contributed by atoms with Gasteiger partial charge in [-0.2, -0.15) is 0 Å². The van der Waals surface area contributed by atoms with Crippen molar-refractivity contribution in [1.29, 1.82) is 0 Å². The minimum Gasteiger partial charge on any atom is -0.481 e. The van der Waals surface area contributed by atoms with Gasteiger partial charge in [0.05, 0.1) is 23.3 Å². The molecule has 1 aliphatic heterocycles. The summed E-state index contributed by atoms with van der Waals surface area (Å²) >= 11 is 0. The number of benzene rings is 3. The molecule has 0 bridgehead atoms. The Morgan fingerprint density at radius 2 is 1.39 bits per heavy atom. The van der Waals surface area contributed by atoms with Crippen LogP contribution in [0.4, 0.5) is 10.5 Å². The molecular weight excluding hydrogens is 517 g/mol. The van der Waals surface area contributed by atoms with Crippen molar-refractivity contribution in [3.8, 4) is 11.1 Å². The lowest BCUT2D eigenvalue weighted by Crippen LogP contribution is -2.41. The topological polar surface area (TPSA) is 85.3 Å². The lowest BCUT2D eigenvalue weighted by molar-refractivity contribution is -0.136. The van der Waals surface area contributed by atoms with Gasteiger partial charge in [0, 0.05) is 13.0 Å². The van der Waals surface area contributed by atoms with Crippen LogP contribution in [-0.2, 0) is 25.3 Å². The molecule has 1 saturated heterocycles. The highest BCUT2D eigenvalue weighted by molar-refractivity contribution is 6.63. The van der Waals surface area contributed by atoms with Crippen LogP contribution in [0.1, 0.15) is 67.0 Å². The molecule has 7 nitrogen and oxygen atoms in total. The first-order valence-electron chi connectivity index (χ1n) is 14.0. The Kier molecular flexibility index (Phi) is 7.29. The Morgan fingerprint density at radius 3 is 1.90 bits per heavy atom. The maximum absolute atomic E-state index is 13.6. The number of carboxylic acids is 1. The smallest absolute Gasteiger partial charge is 0.481 e. The van der Waals surface area contributed by atoms with Gasteiger partial charge in [0.15, 0.2) is 0 Å². The molecule has 0 aromatic heterocycles. The molecule has 0 radical (unpaired) electrons. The van der Waals surface area contributed by atoms with Crippen molar-refractivity contribution in [3.05, 3.63) is 81.9 Å². The molecule has 41 heavy (non-hydrogen) atoms. The number of hydrogen-bond donors (Lipinski definition) is 1. The third-order valence-corrected chi connectivity index (χ3v) is 9.19. The van der Waals surface area contributed by atoms with Crippen LogP contribution in [-0.4, -0.2) is 49.1 Å². The average Bonchev–Trinajstić information content (AvgIpc) is 3.33. The molecule has 1 amide bonds. The molecule has 214 valence electrons. The standard InChI is InChI=1S/C33H38BNO6/c1-19-26(17-28(36)37)20(2)30(21(3)29(19)34-40-32(4,5)33(6,7)41-34)35(8)31(38)39-18-27-24-15-11-9-13-22(24)23-14-10-12-16-25(23)27/h9-16,27H,17-18H2,1-8H3,(H,36,37). The second-order valence-corrected chi connectivity index (χ2v) is 12.1. The molecule has 3 aromatic carbocycles. The molecule has 0 spiro atoms. The van der Waals surface area contributed by atoms with Crippen molar-refractivity contribution < 1.29 is 28.7 Å². The molecule has 0 saturated carbocycles. The van der Waals surface area contributed by atoms with E-state index in [0.29, 0.717) is 11.3 Å². The molecule has 8 heteroatoms. The van der Waals surface area contributed by atoms with Crippen molar-refractivity contribution in [2.24, 2.45) is 0 Å². The highest BCUT2D eigenvalue weighted by atomic mass is 16.7. The molecule has 5 rings (SSSR count). The van der Waals surface area contributed by atoms with Gasteiger partial charge in [-0.05, 0) is 98.4 Å². The highest BCUT2D eigenvalue weighted by Crippen LogP contribution is 2.45. The Morgan fingerprint density at radius 1 is 0.878 bits per heavy atom. The Bertz CT molecular complexity index is 1480. The molecular formula is C33H38BNO6. The number of carbonyl (C=O) groups is 2. The number of hydrogen-bond acceptors (Lipinski definition) is 5. The van der Waals surface area contributed by atoms with Crippen molar-refractivity contribution >= 4 is 30.3 Å². The van der Waals surface area contributed by atoms with E-state index in [1.54, 1.807) is 7.05 Å². The molecule has 0 unspecified atom stereocenters. The zero-order valence-corrected chi connectivity index (χ0v) is 25.1. The molecule has 2 aliphatic rings. The van der Waals surface area contributed by atoms with E-state index >= 15 is 0 Å². The maximum Gasteiger partial charge on any atom is 0.495 e. The quantitative estimate of drug-likeness (QED) is 0.380. The Hall–Kier alpha value is -3.62. The van der Waals surface area contributed by atoms with Crippen molar-refractivity contribution in [3.63, 3.8) is 0 Å². The summed E-state index contributed by atoms with van der Waals surface area (Å²) in [7, 11) is 0.963. The largest absolute Gasteiger partial charge is 0.495 e. The molecule has 3 aromatic rings. The summed E-state index contributed by atoms with van der Waals surface area (Å²) in [5, 5.41) is 9.74. The zero-order valence-electron chi connectivity index (χ0n) is 25.1. The number of fused-ring (bicyclic) bond motifs is 3. The van der Waals surface area contributed by atoms with Gasteiger partial charge in [-0.3, -0.25) is 9.69 Å². The lowest BCUT2D eigenvalue weighted by atomic mass is 9.70. The van der Waals surface area contributed by atoms with Crippen molar-refractivity contribution in [2.75, 3.05) is 18.6 Å². The lowest BCUT2D eigenvalue weighted by Gasteiger charge is -2.32. The van der Waals surface area contributed by atoms with E-state index in [2.05, 4.69) is 24.3 Å². The predicted octanol–water partition coefficient (Wildman–Crippen LogP) is 5.92. The van der Waals surface area contributed by atoms with Crippen LogP contribution < -0.4 is 10.4 Å². The van der Waals surface area contributed by atoms with Gasteiger partial charge in [-0.15, -0.1) is 0 Å². The second kappa shape index (κ2) is 10.3. The van der Waals surface area contributed by atoms with Gasteiger partial charge in [0.25, 0.3) is 0 Å². The minimum absolute atomic E-state index is 0.0668. The molecule has 1 aliphatic carbocycles. The van der Waals surface area contributed by atoms with Crippen LogP contribution in [0.2, 0.25) is 0 Å². The Labute approximate surface area is 242 Å². The summed E-state index contributed by atoms with van der Waals surface area (Å²) in [5.74, 6) is -1.02. The van der Waals surface area contributed by atoms with Crippen LogP contribution in [0, 0.1) is 20.8 Å². The van der Waals surface area contributed by atoms with Crippen molar-refractivity contribution in [2.45, 2.75) is 72.0 Å². The normalized spacial score (nSPS) is 16.8. The van der Waals surface area contributed by atoms with Gasteiger partial charge < -0.3 is 19.2 Å². The SMILES string of the molecule is Cc1c(CC(=O)O)c(C)c(N(C)C(=O)OCC2c3ccccc3-c3ccccc32)c(C)c1B1OC(C)(C)C(C)(C)O1. The average molecular weight is 555 g/mol. The molecule has 1 fully saturated rings. The van der Waals surface area contributed by atoms with Crippen LogP contribution in [0.5, 0.6) is 0 Å². The van der Waals surface area contributed by atoms with E-state index in [0.717, 1.165) is 44.4 Å². The maximum atomic E-state index is 13.6. The monoisotopic (exact) mass is 555 g/mol. The van der Waals surface area contributed by atoms with Gasteiger partial charge in [-0.25, -0.2) is 4.79 Å². The number of carboxylic acid groups (broad SMARTS) is 1. The summed E-state index contributed by atoms with van der Waals surface area (Å²) in [6.07, 6.45) is -0.696. The summed E-state index contributed by atoms with van der Waals surface area (Å²) in [6, 6.07) is 16.4. The number of ether oxygens (including phenoxy) is 1. The zero-order chi connectivity index (χ0) is 29.9. The van der Waals surface area contributed by atoms with Gasteiger partial charge >= 0.3 is 19.2 Å². The van der Waals surface area contributed by atoms with E-state index in [1.807, 2.05) is 72.7 Å².